The average molecular weight is 220 g/mol. The lowest BCUT2D eigenvalue weighted by Gasteiger charge is -2.11. The molecule has 0 saturated heterocycles. The smallest absolute Gasteiger partial charge is 0.307 e. The van der Waals surface area contributed by atoms with Crippen LogP contribution in [0.25, 0.3) is 5.57 Å². The number of aryl methyl sites for hydroxylation is 2. The summed E-state index contributed by atoms with van der Waals surface area (Å²) in [6, 6.07) is 3.36. The topological polar surface area (TPSA) is 57.5 Å². The third kappa shape index (κ3) is 2.86. The molecule has 0 radical (unpaired) electrons. The summed E-state index contributed by atoms with van der Waals surface area (Å²) < 4.78 is 0. The summed E-state index contributed by atoms with van der Waals surface area (Å²) >= 11 is 0. The van der Waals surface area contributed by atoms with Gasteiger partial charge >= 0.3 is 5.97 Å². The summed E-state index contributed by atoms with van der Waals surface area (Å²) in [4.78, 5) is 10.5. The van der Waals surface area contributed by atoms with Gasteiger partial charge in [-0.15, -0.1) is 0 Å². The molecule has 0 unspecified atom stereocenters. The molecule has 1 rings (SSSR count). The van der Waals surface area contributed by atoms with Gasteiger partial charge in [-0.2, -0.15) is 0 Å². The van der Waals surface area contributed by atoms with Gasteiger partial charge in [0.15, 0.2) is 0 Å². The van der Waals surface area contributed by atoms with Crippen molar-refractivity contribution in [3.63, 3.8) is 0 Å². The molecule has 0 aliphatic heterocycles. The maximum absolute atomic E-state index is 10.5. The Morgan fingerprint density at radius 3 is 2.25 bits per heavy atom. The number of hydrogen-bond acceptors (Lipinski definition) is 2. The Bertz CT molecular complexity index is 421. The number of carboxylic acids is 1. The van der Waals surface area contributed by atoms with E-state index in [1.807, 2.05) is 20.8 Å². The molecule has 3 nitrogen and oxygen atoms in total. The quantitative estimate of drug-likeness (QED) is 0.823. The maximum atomic E-state index is 10.5. The fourth-order valence-electron chi connectivity index (χ4n) is 1.91. The second-order valence-electron chi connectivity index (χ2n) is 3.94. The van der Waals surface area contributed by atoms with Crippen molar-refractivity contribution in [3.8, 4) is 5.75 Å². The van der Waals surface area contributed by atoms with Crippen LogP contribution in [-0.2, 0) is 4.79 Å². The number of carboxylic acid groups (broad SMARTS) is 1. The standard InChI is InChI=1S/C13H16O3/c1-8(4-5-12(15)16)13-9(2)6-11(14)7-10(13)3/h4,6-7,14H,5H2,1-3H3,(H,15,16)/b8-4+. The van der Waals surface area contributed by atoms with Crippen molar-refractivity contribution in [2.75, 3.05) is 0 Å². The summed E-state index contributed by atoms with van der Waals surface area (Å²) in [7, 11) is 0. The molecule has 0 bridgehead atoms. The Morgan fingerprint density at radius 1 is 1.31 bits per heavy atom. The highest BCUT2D eigenvalue weighted by molar-refractivity contribution is 5.75. The number of hydrogen-bond donors (Lipinski definition) is 2. The van der Waals surface area contributed by atoms with Gasteiger partial charge in [0, 0.05) is 0 Å². The first-order chi connectivity index (χ1) is 7.41. The van der Waals surface area contributed by atoms with Crippen molar-refractivity contribution in [2.24, 2.45) is 0 Å². The molecule has 1 aromatic carbocycles. The Morgan fingerprint density at radius 2 is 1.81 bits per heavy atom. The molecule has 2 N–H and O–H groups in total. The van der Waals surface area contributed by atoms with E-state index in [0.717, 1.165) is 22.3 Å². The molecule has 0 fully saturated rings. The van der Waals surface area contributed by atoms with E-state index in [-0.39, 0.29) is 12.2 Å². The zero-order valence-electron chi connectivity index (χ0n) is 9.74. The second kappa shape index (κ2) is 4.84. The largest absolute Gasteiger partial charge is 0.508 e. The van der Waals surface area contributed by atoms with Crippen LogP contribution in [0, 0.1) is 13.8 Å². The zero-order valence-corrected chi connectivity index (χ0v) is 9.74. The van der Waals surface area contributed by atoms with Gasteiger partial charge < -0.3 is 10.2 Å². The van der Waals surface area contributed by atoms with Gasteiger partial charge in [0.05, 0.1) is 6.42 Å². The molecule has 0 amide bonds. The normalized spacial score (nSPS) is 11.6. The molecule has 3 heteroatoms. The molecular formula is C13H16O3. The van der Waals surface area contributed by atoms with E-state index >= 15 is 0 Å². The minimum atomic E-state index is -0.839. The first-order valence-corrected chi connectivity index (χ1v) is 5.11. The molecule has 1 aromatic rings. The van der Waals surface area contributed by atoms with E-state index in [1.54, 1.807) is 18.2 Å². The van der Waals surface area contributed by atoms with Crippen LogP contribution in [0.2, 0.25) is 0 Å². The zero-order chi connectivity index (χ0) is 12.3. The van der Waals surface area contributed by atoms with Crippen LogP contribution < -0.4 is 0 Å². The molecule has 0 saturated carbocycles. The molecule has 0 aliphatic carbocycles. The number of rotatable bonds is 3. The highest BCUT2D eigenvalue weighted by Gasteiger charge is 2.06. The van der Waals surface area contributed by atoms with E-state index in [0.29, 0.717) is 0 Å². The Hall–Kier alpha value is -1.77. The second-order valence-corrected chi connectivity index (χ2v) is 3.94. The third-order valence-electron chi connectivity index (χ3n) is 2.49. The fourth-order valence-corrected chi connectivity index (χ4v) is 1.91. The summed E-state index contributed by atoms with van der Waals surface area (Å²) in [5, 5.41) is 18.0. The SMILES string of the molecule is C/C(=C\CC(=O)O)c1c(C)cc(O)cc1C. The molecule has 0 aromatic heterocycles. The molecule has 86 valence electrons. The fraction of sp³-hybridized carbons (Fsp3) is 0.308. The molecule has 0 atom stereocenters. The van der Waals surface area contributed by atoms with E-state index in [1.165, 1.54) is 0 Å². The Balaban J connectivity index is 3.13. The molecule has 0 heterocycles. The average Bonchev–Trinajstić information content (AvgIpc) is 2.12. The van der Waals surface area contributed by atoms with E-state index in [9.17, 15) is 9.90 Å². The van der Waals surface area contributed by atoms with Crippen LogP contribution >= 0.6 is 0 Å². The monoisotopic (exact) mass is 220 g/mol. The summed E-state index contributed by atoms with van der Waals surface area (Å²) in [5.41, 5.74) is 3.85. The van der Waals surface area contributed by atoms with E-state index in [2.05, 4.69) is 0 Å². The Labute approximate surface area is 95.0 Å². The third-order valence-corrected chi connectivity index (χ3v) is 2.49. The first-order valence-electron chi connectivity index (χ1n) is 5.11. The predicted molar refractivity (Wildman–Crippen MR) is 63.5 cm³/mol. The highest BCUT2D eigenvalue weighted by atomic mass is 16.4. The lowest BCUT2D eigenvalue weighted by Crippen LogP contribution is -1.94. The highest BCUT2D eigenvalue weighted by Crippen LogP contribution is 2.26. The number of phenols is 1. The van der Waals surface area contributed by atoms with Crippen LogP contribution in [0.5, 0.6) is 5.75 Å². The van der Waals surface area contributed by atoms with Crippen LogP contribution in [0.1, 0.15) is 30.0 Å². The maximum Gasteiger partial charge on any atom is 0.307 e. The molecule has 0 spiro atoms. The predicted octanol–water partition coefficient (Wildman–Crippen LogP) is 2.89. The Kier molecular flexibility index (Phi) is 3.72. The lowest BCUT2D eigenvalue weighted by atomic mass is 9.95. The molecular weight excluding hydrogens is 204 g/mol. The van der Waals surface area contributed by atoms with Crippen LogP contribution in [0.15, 0.2) is 18.2 Å². The van der Waals surface area contributed by atoms with Gasteiger partial charge in [-0.25, -0.2) is 0 Å². The molecule has 16 heavy (non-hydrogen) atoms. The van der Waals surface area contributed by atoms with Crippen LogP contribution in [0.3, 0.4) is 0 Å². The molecule has 0 aliphatic rings. The number of allylic oxidation sites excluding steroid dienone is 1. The van der Waals surface area contributed by atoms with Crippen LogP contribution in [-0.4, -0.2) is 16.2 Å². The number of aliphatic carboxylic acids is 1. The van der Waals surface area contributed by atoms with E-state index < -0.39 is 5.97 Å². The van der Waals surface area contributed by atoms with Crippen molar-refractivity contribution >= 4 is 11.5 Å². The van der Waals surface area contributed by atoms with Gasteiger partial charge in [0.1, 0.15) is 5.75 Å². The van der Waals surface area contributed by atoms with Crippen molar-refractivity contribution in [3.05, 3.63) is 34.9 Å². The van der Waals surface area contributed by atoms with Gasteiger partial charge in [0.2, 0.25) is 0 Å². The van der Waals surface area contributed by atoms with Crippen molar-refractivity contribution in [1.29, 1.82) is 0 Å². The van der Waals surface area contributed by atoms with Gasteiger partial charge in [0.25, 0.3) is 0 Å². The first kappa shape index (κ1) is 12.3. The van der Waals surface area contributed by atoms with Gasteiger partial charge in [-0.1, -0.05) is 6.08 Å². The number of benzene rings is 1. The lowest BCUT2D eigenvalue weighted by molar-refractivity contribution is -0.135. The van der Waals surface area contributed by atoms with Crippen molar-refractivity contribution in [1.82, 2.24) is 0 Å². The van der Waals surface area contributed by atoms with E-state index in [4.69, 9.17) is 5.11 Å². The van der Waals surface area contributed by atoms with Gasteiger partial charge in [-0.05, 0) is 55.2 Å². The van der Waals surface area contributed by atoms with Gasteiger partial charge in [-0.3, -0.25) is 4.79 Å². The van der Waals surface area contributed by atoms with Crippen molar-refractivity contribution in [2.45, 2.75) is 27.2 Å². The summed E-state index contributed by atoms with van der Waals surface area (Å²) in [6.07, 6.45) is 1.71. The summed E-state index contributed by atoms with van der Waals surface area (Å²) in [5.74, 6) is -0.599. The minimum absolute atomic E-state index is 0.0194. The number of aromatic hydroxyl groups is 1. The summed E-state index contributed by atoms with van der Waals surface area (Å²) in [6.45, 7) is 5.69. The number of phenolic OH excluding ortho intramolecular Hbond substituents is 1. The van der Waals surface area contributed by atoms with Crippen molar-refractivity contribution < 1.29 is 15.0 Å². The minimum Gasteiger partial charge on any atom is -0.508 e. The van der Waals surface area contributed by atoms with Crippen LogP contribution in [0.4, 0.5) is 0 Å². The number of carbonyl (C=O) groups is 1.